The van der Waals surface area contributed by atoms with Gasteiger partial charge in [-0.2, -0.15) is 5.26 Å². The molecule has 1 aliphatic heterocycles. The third-order valence-electron chi connectivity index (χ3n) is 2.26. The number of hydrogen-bond donors (Lipinski definition) is 1. The molecule has 0 aliphatic carbocycles. The molecule has 1 atom stereocenters. The van der Waals surface area contributed by atoms with Crippen LogP contribution in [0.15, 0.2) is 0 Å². The fraction of sp³-hybridized carbons (Fsp3) is 0.889. The van der Waals surface area contributed by atoms with Crippen LogP contribution in [0.1, 0.15) is 25.7 Å². The highest BCUT2D eigenvalue weighted by Gasteiger charge is 2.18. The second-order valence-corrected chi connectivity index (χ2v) is 3.36. The number of hydrogen-bond acceptors (Lipinski definition) is 3. The molecule has 1 fully saturated rings. The molecule has 0 saturated carbocycles. The van der Waals surface area contributed by atoms with Gasteiger partial charge in [-0.05, 0) is 25.8 Å². The lowest BCUT2D eigenvalue weighted by Gasteiger charge is -2.13. The SMILES string of the molecule is N#CCCCCN1CC[C@H](O)C1. The summed E-state index contributed by atoms with van der Waals surface area (Å²) in [7, 11) is 0. The van der Waals surface area contributed by atoms with E-state index in [4.69, 9.17) is 5.26 Å². The first kappa shape index (κ1) is 9.50. The van der Waals surface area contributed by atoms with Crippen molar-refractivity contribution in [3.05, 3.63) is 0 Å². The lowest BCUT2D eigenvalue weighted by atomic mass is 10.2. The van der Waals surface area contributed by atoms with Gasteiger partial charge >= 0.3 is 0 Å². The lowest BCUT2D eigenvalue weighted by molar-refractivity contribution is 0.176. The quantitative estimate of drug-likeness (QED) is 0.630. The lowest BCUT2D eigenvalue weighted by Crippen LogP contribution is -2.23. The van der Waals surface area contributed by atoms with Crippen LogP contribution in [0.4, 0.5) is 0 Å². The minimum Gasteiger partial charge on any atom is -0.392 e. The van der Waals surface area contributed by atoms with Crippen LogP contribution in [-0.2, 0) is 0 Å². The maximum Gasteiger partial charge on any atom is 0.0679 e. The second-order valence-electron chi connectivity index (χ2n) is 3.36. The molecule has 1 aliphatic rings. The van der Waals surface area contributed by atoms with E-state index in [0.29, 0.717) is 6.42 Å². The van der Waals surface area contributed by atoms with Gasteiger partial charge in [-0.3, -0.25) is 0 Å². The Morgan fingerprint density at radius 1 is 1.50 bits per heavy atom. The van der Waals surface area contributed by atoms with Gasteiger partial charge in [0.15, 0.2) is 0 Å². The molecule has 3 heteroatoms. The van der Waals surface area contributed by atoms with E-state index in [0.717, 1.165) is 38.9 Å². The smallest absolute Gasteiger partial charge is 0.0679 e. The van der Waals surface area contributed by atoms with Crippen LogP contribution in [0.5, 0.6) is 0 Å². The van der Waals surface area contributed by atoms with Crippen LogP contribution in [0.2, 0.25) is 0 Å². The van der Waals surface area contributed by atoms with Crippen molar-refractivity contribution in [2.24, 2.45) is 0 Å². The summed E-state index contributed by atoms with van der Waals surface area (Å²) in [5, 5.41) is 17.5. The third kappa shape index (κ3) is 3.21. The molecule has 0 bridgehead atoms. The third-order valence-corrected chi connectivity index (χ3v) is 2.26. The summed E-state index contributed by atoms with van der Waals surface area (Å²) in [6, 6.07) is 2.13. The van der Waals surface area contributed by atoms with Crippen molar-refractivity contribution >= 4 is 0 Å². The Bertz CT molecular complexity index is 164. The van der Waals surface area contributed by atoms with Crippen molar-refractivity contribution in [2.45, 2.75) is 31.8 Å². The molecule has 0 radical (unpaired) electrons. The number of nitriles is 1. The molecular weight excluding hydrogens is 152 g/mol. The Hall–Kier alpha value is -0.590. The summed E-state index contributed by atoms with van der Waals surface area (Å²) in [6.07, 6.45) is 3.54. The second kappa shape index (κ2) is 5.13. The number of aliphatic hydroxyl groups is 1. The first-order chi connectivity index (χ1) is 5.83. The molecule has 1 saturated heterocycles. The van der Waals surface area contributed by atoms with Crippen LogP contribution >= 0.6 is 0 Å². The van der Waals surface area contributed by atoms with E-state index >= 15 is 0 Å². The molecule has 0 amide bonds. The van der Waals surface area contributed by atoms with Crippen LogP contribution in [0.3, 0.4) is 0 Å². The van der Waals surface area contributed by atoms with Gasteiger partial charge in [0.2, 0.25) is 0 Å². The van der Waals surface area contributed by atoms with Gasteiger partial charge in [0, 0.05) is 19.5 Å². The largest absolute Gasteiger partial charge is 0.392 e. The van der Waals surface area contributed by atoms with Gasteiger partial charge in [0.05, 0.1) is 12.2 Å². The Kier molecular flexibility index (Phi) is 4.06. The average Bonchev–Trinajstić information content (AvgIpc) is 2.45. The molecule has 0 unspecified atom stereocenters. The van der Waals surface area contributed by atoms with E-state index < -0.39 is 0 Å². The van der Waals surface area contributed by atoms with Crippen LogP contribution in [0, 0.1) is 11.3 Å². The first-order valence-corrected chi connectivity index (χ1v) is 4.60. The Labute approximate surface area is 73.6 Å². The maximum atomic E-state index is 9.21. The molecule has 68 valence electrons. The van der Waals surface area contributed by atoms with Crippen LogP contribution < -0.4 is 0 Å². The maximum absolute atomic E-state index is 9.21. The van der Waals surface area contributed by atoms with E-state index in [9.17, 15) is 5.11 Å². The number of unbranched alkanes of at least 4 members (excludes halogenated alkanes) is 2. The van der Waals surface area contributed by atoms with Crippen molar-refractivity contribution in [1.82, 2.24) is 4.90 Å². The van der Waals surface area contributed by atoms with E-state index in [1.807, 2.05) is 0 Å². The molecule has 1 heterocycles. The average molecular weight is 168 g/mol. The predicted octanol–water partition coefficient (Wildman–Crippen LogP) is 0.747. The summed E-state index contributed by atoms with van der Waals surface area (Å²) >= 11 is 0. The molecule has 1 rings (SSSR count). The molecule has 0 aromatic rings. The van der Waals surface area contributed by atoms with Crippen molar-refractivity contribution < 1.29 is 5.11 Å². The molecule has 0 aromatic carbocycles. The van der Waals surface area contributed by atoms with Crippen LogP contribution in [0.25, 0.3) is 0 Å². The highest BCUT2D eigenvalue weighted by molar-refractivity contribution is 4.75. The summed E-state index contributed by atoms with van der Waals surface area (Å²) in [6.45, 7) is 2.89. The normalized spacial score (nSPS) is 24.2. The van der Waals surface area contributed by atoms with Gasteiger partial charge in [0.1, 0.15) is 0 Å². The van der Waals surface area contributed by atoms with Crippen molar-refractivity contribution in [3.63, 3.8) is 0 Å². The Morgan fingerprint density at radius 2 is 2.33 bits per heavy atom. The highest BCUT2D eigenvalue weighted by Crippen LogP contribution is 2.09. The first-order valence-electron chi connectivity index (χ1n) is 4.60. The van der Waals surface area contributed by atoms with E-state index in [-0.39, 0.29) is 6.10 Å². The fourth-order valence-electron chi connectivity index (χ4n) is 1.55. The zero-order valence-electron chi connectivity index (χ0n) is 7.37. The number of nitrogens with zero attached hydrogens (tertiary/aromatic N) is 2. The van der Waals surface area contributed by atoms with Gasteiger partial charge < -0.3 is 10.0 Å². The van der Waals surface area contributed by atoms with E-state index in [2.05, 4.69) is 11.0 Å². The zero-order valence-corrected chi connectivity index (χ0v) is 7.37. The van der Waals surface area contributed by atoms with Crippen LogP contribution in [-0.4, -0.2) is 35.7 Å². The van der Waals surface area contributed by atoms with Crippen molar-refractivity contribution in [3.8, 4) is 6.07 Å². The minimum atomic E-state index is -0.110. The molecule has 0 spiro atoms. The fourth-order valence-corrected chi connectivity index (χ4v) is 1.55. The molecule has 3 nitrogen and oxygen atoms in total. The topological polar surface area (TPSA) is 47.3 Å². The molecular formula is C9H16N2O. The number of rotatable bonds is 4. The monoisotopic (exact) mass is 168 g/mol. The predicted molar refractivity (Wildman–Crippen MR) is 46.5 cm³/mol. The van der Waals surface area contributed by atoms with E-state index in [1.165, 1.54) is 0 Å². The summed E-state index contributed by atoms with van der Waals surface area (Å²) in [4.78, 5) is 2.27. The van der Waals surface area contributed by atoms with E-state index in [1.54, 1.807) is 0 Å². The van der Waals surface area contributed by atoms with Crippen molar-refractivity contribution in [2.75, 3.05) is 19.6 Å². The number of aliphatic hydroxyl groups excluding tert-OH is 1. The number of β-amino-alcohol motifs (C(OH)–C–C–N with tert-alkyl or cyclic N) is 1. The molecule has 12 heavy (non-hydrogen) atoms. The van der Waals surface area contributed by atoms with Gasteiger partial charge in [0.25, 0.3) is 0 Å². The van der Waals surface area contributed by atoms with Gasteiger partial charge in [-0.15, -0.1) is 0 Å². The Morgan fingerprint density at radius 3 is 2.92 bits per heavy atom. The highest BCUT2D eigenvalue weighted by atomic mass is 16.3. The summed E-state index contributed by atoms with van der Waals surface area (Å²) < 4.78 is 0. The zero-order chi connectivity index (χ0) is 8.81. The molecule has 1 N–H and O–H groups in total. The van der Waals surface area contributed by atoms with Gasteiger partial charge in [-0.1, -0.05) is 0 Å². The summed E-state index contributed by atoms with van der Waals surface area (Å²) in [5.41, 5.74) is 0. The number of likely N-dealkylation sites (tertiary alicyclic amines) is 1. The Balaban J connectivity index is 1.97. The van der Waals surface area contributed by atoms with Crippen molar-refractivity contribution in [1.29, 1.82) is 5.26 Å². The minimum absolute atomic E-state index is 0.110. The van der Waals surface area contributed by atoms with Gasteiger partial charge in [-0.25, -0.2) is 0 Å². The summed E-state index contributed by atoms with van der Waals surface area (Å²) in [5.74, 6) is 0. The standard InChI is InChI=1S/C9H16N2O/c10-5-2-1-3-6-11-7-4-9(12)8-11/h9,12H,1-4,6-8H2/t9-/m0/s1. The molecule has 0 aromatic heterocycles.